The van der Waals surface area contributed by atoms with Crippen molar-refractivity contribution in [3.05, 3.63) is 0 Å². The van der Waals surface area contributed by atoms with Crippen molar-refractivity contribution in [2.75, 3.05) is 0 Å². The number of rotatable bonds is 2. The standard InChI is InChI=1S/C10H19F3OSi/c1-15(2,3)14-9(10(11,12)13)7-5-4-6-8-9/h4-8H2,1-3H3. The summed E-state index contributed by atoms with van der Waals surface area (Å²) in [5.74, 6) is 0. The minimum atomic E-state index is -4.21. The van der Waals surface area contributed by atoms with Crippen molar-refractivity contribution >= 4 is 8.32 Å². The number of hydrogen-bond donors (Lipinski definition) is 0. The first-order valence-electron chi connectivity index (χ1n) is 5.43. The molecule has 0 aromatic carbocycles. The van der Waals surface area contributed by atoms with E-state index in [-0.39, 0.29) is 12.8 Å². The monoisotopic (exact) mass is 240 g/mol. The van der Waals surface area contributed by atoms with Crippen molar-refractivity contribution in [1.82, 2.24) is 0 Å². The van der Waals surface area contributed by atoms with Gasteiger partial charge in [0.25, 0.3) is 0 Å². The van der Waals surface area contributed by atoms with E-state index < -0.39 is 20.1 Å². The van der Waals surface area contributed by atoms with Gasteiger partial charge in [-0.25, -0.2) is 0 Å². The second-order valence-electron chi connectivity index (χ2n) is 5.27. The van der Waals surface area contributed by atoms with Gasteiger partial charge >= 0.3 is 6.18 Å². The average Bonchev–Trinajstić information content (AvgIpc) is 2.00. The Kier molecular flexibility index (Phi) is 3.55. The van der Waals surface area contributed by atoms with E-state index in [1.54, 1.807) is 0 Å². The summed E-state index contributed by atoms with van der Waals surface area (Å²) in [6.45, 7) is 5.44. The minimum Gasteiger partial charge on any atom is -0.404 e. The van der Waals surface area contributed by atoms with Crippen molar-refractivity contribution in [3.63, 3.8) is 0 Å². The number of alkyl halides is 3. The van der Waals surface area contributed by atoms with Crippen molar-refractivity contribution in [2.45, 2.75) is 63.5 Å². The lowest BCUT2D eigenvalue weighted by atomic mass is 9.84. The summed E-state index contributed by atoms with van der Waals surface area (Å²) in [5, 5.41) is 0. The first-order chi connectivity index (χ1) is 6.66. The number of halogens is 3. The van der Waals surface area contributed by atoms with E-state index in [1.165, 1.54) is 0 Å². The Hall–Kier alpha value is -0.0331. The van der Waals surface area contributed by atoms with Crippen LogP contribution in [-0.4, -0.2) is 20.1 Å². The summed E-state index contributed by atoms with van der Waals surface area (Å²) >= 11 is 0. The third-order valence-corrected chi connectivity index (χ3v) is 3.68. The van der Waals surface area contributed by atoms with Gasteiger partial charge in [-0.2, -0.15) is 13.2 Å². The zero-order chi connectivity index (χ0) is 11.7. The average molecular weight is 240 g/mol. The van der Waals surface area contributed by atoms with Gasteiger partial charge in [-0.3, -0.25) is 0 Å². The molecule has 1 fully saturated rings. The predicted octanol–water partition coefficient (Wildman–Crippen LogP) is 4.10. The summed E-state index contributed by atoms with van der Waals surface area (Å²) in [5.41, 5.74) is -1.84. The SMILES string of the molecule is C[Si](C)(C)OC1(C(F)(F)F)CCCCC1. The van der Waals surface area contributed by atoms with Crippen molar-refractivity contribution in [3.8, 4) is 0 Å². The zero-order valence-electron chi connectivity index (χ0n) is 9.58. The number of hydrogen-bond acceptors (Lipinski definition) is 1. The molecular formula is C10H19F3OSi. The molecule has 0 amide bonds. The Morgan fingerprint density at radius 1 is 1.00 bits per heavy atom. The van der Waals surface area contributed by atoms with Gasteiger partial charge in [-0.15, -0.1) is 0 Å². The van der Waals surface area contributed by atoms with Gasteiger partial charge in [0.2, 0.25) is 0 Å². The molecule has 1 saturated carbocycles. The van der Waals surface area contributed by atoms with Crippen LogP contribution in [0.15, 0.2) is 0 Å². The van der Waals surface area contributed by atoms with Gasteiger partial charge in [0.05, 0.1) is 0 Å². The lowest BCUT2D eigenvalue weighted by Crippen LogP contribution is -2.54. The van der Waals surface area contributed by atoms with Crippen molar-refractivity contribution < 1.29 is 17.6 Å². The van der Waals surface area contributed by atoms with Crippen LogP contribution in [0.25, 0.3) is 0 Å². The summed E-state index contributed by atoms with van der Waals surface area (Å²) in [6.07, 6.45) is -1.78. The summed E-state index contributed by atoms with van der Waals surface area (Å²) in [7, 11) is -2.15. The molecule has 0 aliphatic heterocycles. The highest BCUT2D eigenvalue weighted by Crippen LogP contribution is 2.45. The molecule has 0 aromatic heterocycles. The molecule has 1 aliphatic carbocycles. The normalized spacial score (nSPS) is 22.8. The lowest BCUT2D eigenvalue weighted by molar-refractivity contribution is -0.261. The third kappa shape index (κ3) is 3.21. The Balaban J connectivity index is 2.86. The summed E-state index contributed by atoms with van der Waals surface area (Å²) < 4.78 is 44.5. The van der Waals surface area contributed by atoms with E-state index in [1.807, 2.05) is 19.6 Å². The predicted molar refractivity (Wildman–Crippen MR) is 56.3 cm³/mol. The molecule has 0 saturated heterocycles. The molecule has 1 aliphatic rings. The molecule has 1 rings (SSSR count). The topological polar surface area (TPSA) is 9.23 Å². The van der Waals surface area contributed by atoms with Gasteiger partial charge in [-0.05, 0) is 32.5 Å². The quantitative estimate of drug-likeness (QED) is 0.660. The van der Waals surface area contributed by atoms with E-state index in [0.29, 0.717) is 12.8 Å². The largest absolute Gasteiger partial charge is 0.416 e. The molecule has 0 unspecified atom stereocenters. The fourth-order valence-electron chi connectivity index (χ4n) is 2.15. The third-order valence-electron chi connectivity index (χ3n) is 2.68. The van der Waals surface area contributed by atoms with Gasteiger partial charge < -0.3 is 4.43 Å². The van der Waals surface area contributed by atoms with E-state index in [0.717, 1.165) is 6.42 Å². The van der Waals surface area contributed by atoms with Crippen LogP contribution >= 0.6 is 0 Å². The van der Waals surface area contributed by atoms with Crippen molar-refractivity contribution in [2.24, 2.45) is 0 Å². The highest BCUT2D eigenvalue weighted by Gasteiger charge is 2.57. The van der Waals surface area contributed by atoms with Crippen LogP contribution in [0.5, 0.6) is 0 Å². The van der Waals surface area contributed by atoms with Gasteiger partial charge in [0, 0.05) is 0 Å². The summed E-state index contributed by atoms with van der Waals surface area (Å²) in [4.78, 5) is 0. The molecular weight excluding hydrogens is 221 g/mol. The van der Waals surface area contributed by atoms with Gasteiger partial charge in [-0.1, -0.05) is 19.3 Å². The molecule has 90 valence electrons. The molecule has 0 radical (unpaired) electrons. The Bertz CT molecular complexity index is 214. The first kappa shape index (κ1) is 13.0. The lowest BCUT2D eigenvalue weighted by Gasteiger charge is -2.42. The van der Waals surface area contributed by atoms with Crippen molar-refractivity contribution in [1.29, 1.82) is 0 Å². The Morgan fingerprint density at radius 3 is 1.80 bits per heavy atom. The molecule has 1 nitrogen and oxygen atoms in total. The van der Waals surface area contributed by atoms with Crippen LogP contribution < -0.4 is 0 Å². The van der Waals surface area contributed by atoms with Crippen LogP contribution in [-0.2, 0) is 4.43 Å². The van der Waals surface area contributed by atoms with Crippen LogP contribution in [0.1, 0.15) is 32.1 Å². The van der Waals surface area contributed by atoms with Crippen LogP contribution in [0.4, 0.5) is 13.2 Å². The van der Waals surface area contributed by atoms with Gasteiger partial charge in [0.1, 0.15) is 0 Å². The fraction of sp³-hybridized carbons (Fsp3) is 1.00. The molecule has 0 bridgehead atoms. The van der Waals surface area contributed by atoms with E-state index in [9.17, 15) is 13.2 Å². The first-order valence-corrected chi connectivity index (χ1v) is 8.84. The highest BCUT2D eigenvalue weighted by molar-refractivity contribution is 6.69. The van der Waals surface area contributed by atoms with Gasteiger partial charge in [0.15, 0.2) is 13.9 Å². The molecule has 0 N–H and O–H groups in total. The minimum absolute atomic E-state index is 0.140. The fourth-order valence-corrected chi connectivity index (χ4v) is 3.64. The molecule has 0 aromatic rings. The highest BCUT2D eigenvalue weighted by atomic mass is 28.4. The van der Waals surface area contributed by atoms with E-state index >= 15 is 0 Å². The Labute approximate surface area is 90.1 Å². The molecule has 0 spiro atoms. The maximum absolute atomic E-state index is 13.0. The summed E-state index contributed by atoms with van der Waals surface area (Å²) in [6, 6.07) is 0. The van der Waals surface area contributed by atoms with E-state index in [4.69, 9.17) is 4.43 Å². The van der Waals surface area contributed by atoms with Crippen LogP contribution in [0.3, 0.4) is 0 Å². The maximum Gasteiger partial charge on any atom is 0.416 e. The smallest absolute Gasteiger partial charge is 0.404 e. The molecule has 15 heavy (non-hydrogen) atoms. The molecule has 0 atom stereocenters. The second kappa shape index (κ2) is 4.09. The van der Waals surface area contributed by atoms with Crippen LogP contribution in [0, 0.1) is 0 Å². The maximum atomic E-state index is 13.0. The molecule has 5 heteroatoms. The van der Waals surface area contributed by atoms with E-state index in [2.05, 4.69) is 0 Å². The Morgan fingerprint density at radius 2 is 1.47 bits per heavy atom. The molecule has 0 heterocycles. The van der Waals surface area contributed by atoms with Crippen LogP contribution in [0.2, 0.25) is 19.6 Å². The zero-order valence-corrected chi connectivity index (χ0v) is 10.6. The second-order valence-corrected chi connectivity index (χ2v) is 9.70.